The number of anilines is 1. The summed E-state index contributed by atoms with van der Waals surface area (Å²) in [6.07, 6.45) is 1.16. The van der Waals surface area contributed by atoms with Crippen LogP contribution in [0.2, 0.25) is 5.02 Å². The third-order valence-corrected chi connectivity index (χ3v) is 4.87. The first-order valence-corrected chi connectivity index (χ1v) is 9.65. The lowest BCUT2D eigenvalue weighted by Gasteiger charge is -2.14. The monoisotopic (exact) mass is 382 g/mol. The van der Waals surface area contributed by atoms with Crippen LogP contribution in [0.15, 0.2) is 48.5 Å². The van der Waals surface area contributed by atoms with Gasteiger partial charge in [0.15, 0.2) is 6.61 Å². The molecule has 8 heteroatoms. The smallest absolute Gasteiger partial charge is 0.262 e. The largest absolute Gasteiger partial charge is 0.484 e. The molecule has 0 bridgehead atoms. The van der Waals surface area contributed by atoms with Gasteiger partial charge in [-0.3, -0.25) is 4.79 Å². The van der Waals surface area contributed by atoms with Crippen LogP contribution in [0.3, 0.4) is 0 Å². The fourth-order valence-corrected chi connectivity index (χ4v) is 2.55. The van der Waals surface area contributed by atoms with E-state index >= 15 is 0 Å². The fourth-order valence-electron chi connectivity index (χ4n) is 1.98. The Balaban J connectivity index is 1.86. The first kappa shape index (κ1) is 19.2. The highest BCUT2D eigenvalue weighted by atomic mass is 35.5. The molecule has 0 spiro atoms. The molecule has 134 valence electrons. The number of ether oxygens (including phenoxy) is 1. The Bertz CT molecular complexity index is 838. The van der Waals surface area contributed by atoms with Gasteiger partial charge in [0.2, 0.25) is 10.0 Å². The molecule has 0 aliphatic heterocycles. The molecule has 0 saturated carbocycles. The van der Waals surface area contributed by atoms with Crippen molar-refractivity contribution < 1.29 is 17.9 Å². The van der Waals surface area contributed by atoms with E-state index in [1.54, 1.807) is 48.5 Å². The van der Waals surface area contributed by atoms with E-state index < -0.39 is 10.0 Å². The molecule has 2 rings (SSSR count). The van der Waals surface area contributed by atoms with Crippen molar-refractivity contribution in [1.82, 2.24) is 4.31 Å². The van der Waals surface area contributed by atoms with Crippen molar-refractivity contribution in [2.24, 2.45) is 0 Å². The summed E-state index contributed by atoms with van der Waals surface area (Å²) in [5.41, 5.74) is 1.42. The van der Waals surface area contributed by atoms with Crippen LogP contribution in [0.25, 0.3) is 0 Å². The summed E-state index contributed by atoms with van der Waals surface area (Å²) in [4.78, 5) is 11.9. The number of nitrogens with zero attached hydrogens (tertiary/aromatic N) is 1. The average molecular weight is 383 g/mol. The van der Waals surface area contributed by atoms with Gasteiger partial charge in [0, 0.05) is 24.3 Å². The lowest BCUT2D eigenvalue weighted by atomic mass is 10.2. The number of carbonyl (C=O) groups excluding carboxylic acids is 1. The van der Waals surface area contributed by atoms with Crippen LogP contribution in [-0.2, 0) is 21.4 Å². The zero-order chi connectivity index (χ0) is 18.4. The number of nitrogens with one attached hydrogen (secondary N) is 1. The molecule has 0 saturated heterocycles. The van der Waals surface area contributed by atoms with Crippen LogP contribution in [0.1, 0.15) is 5.56 Å². The predicted octanol–water partition coefficient (Wildman–Crippen LogP) is 2.75. The normalized spacial score (nSPS) is 11.4. The highest BCUT2D eigenvalue weighted by Crippen LogP contribution is 2.16. The van der Waals surface area contributed by atoms with E-state index in [1.165, 1.54) is 11.4 Å². The summed E-state index contributed by atoms with van der Waals surface area (Å²) < 4.78 is 29.5. The molecule has 0 unspecified atom stereocenters. The van der Waals surface area contributed by atoms with Gasteiger partial charge in [-0.25, -0.2) is 12.7 Å². The molecule has 0 aliphatic rings. The maximum Gasteiger partial charge on any atom is 0.262 e. The molecular formula is C17H19ClN2O4S. The van der Waals surface area contributed by atoms with Crippen molar-refractivity contribution in [3.05, 3.63) is 59.1 Å². The Morgan fingerprint density at radius 1 is 1.20 bits per heavy atom. The number of halogens is 1. The number of hydrogen-bond donors (Lipinski definition) is 1. The zero-order valence-corrected chi connectivity index (χ0v) is 15.5. The van der Waals surface area contributed by atoms with Gasteiger partial charge < -0.3 is 10.1 Å². The van der Waals surface area contributed by atoms with E-state index in [9.17, 15) is 13.2 Å². The van der Waals surface area contributed by atoms with E-state index in [0.717, 1.165) is 11.8 Å². The van der Waals surface area contributed by atoms with Gasteiger partial charge in [0.25, 0.3) is 5.91 Å². The molecule has 0 aliphatic carbocycles. The summed E-state index contributed by atoms with van der Waals surface area (Å²) in [6.45, 7) is 0.128. The predicted molar refractivity (Wildman–Crippen MR) is 98.3 cm³/mol. The minimum absolute atomic E-state index is 0.144. The van der Waals surface area contributed by atoms with Gasteiger partial charge in [0.05, 0.1) is 6.26 Å². The van der Waals surface area contributed by atoms with Crippen molar-refractivity contribution in [2.45, 2.75) is 6.54 Å². The Morgan fingerprint density at radius 3 is 2.48 bits per heavy atom. The topological polar surface area (TPSA) is 75.7 Å². The summed E-state index contributed by atoms with van der Waals surface area (Å²) in [5.74, 6) is 0.218. The molecular weight excluding hydrogens is 364 g/mol. The van der Waals surface area contributed by atoms with Crippen LogP contribution in [0.4, 0.5) is 5.69 Å². The second kappa shape index (κ2) is 8.33. The van der Waals surface area contributed by atoms with E-state index in [1.807, 2.05) is 0 Å². The van der Waals surface area contributed by atoms with E-state index in [2.05, 4.69) is 5.32 Å². The second-order valence-corrected chi connectivity index (χ2v) is 8.04. The van der Waals surface area contributed by atoms with E-state index in [4.69, 9.17) is 16.3 Å². The average Bonchev–Trinajstić information content (AvgIpc) is 2.53. The highest BCUT2D eigenvalue weighted by Gasteiger charge is 2.11. The molecule has 2 aromatic rings. The number of sulfonamides is 1. The molecule has 25 heavy (non-hydrogen) atoms. The number of rotatable bonds is 7. The van der Waals surface area contributed by atoms with Gasteiger partial charge in [-0.2, -0.15) is 0 Å². The third kappa shape index (κ3) is 6.38. The van der Waals surface area contributed by atoms with Crippen molar-refractivity contribution in [3.8, 4) is 5.75 Å². The Morgan fingerprint density at radius 2 is 1.88 bits per heavy atom. The standard InChI is InChI=1S/C17H19ClN2O4S/c1-20(25(2,22)23)11-13-6-8-16(9-7-13)24-12-17(21)19-15-5-3-4-14(18)10-15/h3-10H,11-12H2,1-2H3,(H,19,21). The summed E-state index contributed by atoms with van der Waals surface area (Å²) in [7, 11) is -1.71. The maximum absolute atomic E-state index is 11.9. The molecule has 1 amide bonds. The summed E-state index contributed by atoms with van der Waals surface area (Å²) >= 11 is 5.86. The lowest BCUT2D eigenvalue weighted by molar-refractivity contribution is -0.118. The zero-order valence-electron chi connectivity index (χ0n) is 13.9. The van der Waals surface area contributed by atoms with Crippen molar-refractivity contribution in [3.63, 3.8) is 0 Å². The van der Waals surface area contributed by atoms with Crippen LogP contribution in [0.5, 0.6) is 5.75 Å². The first-order chi connectivity index (χ1) is 11.7. The second-order valence-electron chi connectivity index (χ2n) is 5.51. The van der Waals surface area contributed by atoms with Crippen molar-refractivity contribution >= 4 is 33.2 Å². The number of amides is 1. The summed E-state index contributed by atoms with van der Waals surface area (Å²) in [5, 5.41) is 3.22. The van der Waals surface area contributed by atoms with Gasteiger partial charge >= 0.3 is 0 Å². The number of carbonyl (C=O) groups is 1. The maximum atomic E-state index is 11.9. The summed E-state index contributed by atoms with van der Waals surface area (Å²) in [6, 6.07) is 13.7. The van der Waals surface area contributed by atoms with E-state index in [0.29, 0.717) is 16.5 Å². The minimum Gasteiger partial charge on any atom is -0.484 e. The molecule has 0 heterocycles. The quantitative estimate of drug-likeness (QED) is 0.798. The molecule has 0 aromatic heterocycles. The Hall–Kier alpha value is -2.09. The van der Waals surface area contributed by atoms with Gasteiger partial charge in [-0.15, -0.1) is 0 Å². The lowest BCUT2D eigenvalue weighted by Crippen LogP contribution is -2.24. The molecule has 1 N–H and O–H groups in total. The number of hydrogen-bond acceptors (Lipinski definition) is 4. The first-order valence-electron chi connectivity index (χ1n) is 7.42. The van der Waals surface area contributed by atoms with Crippen LogP contribution in [-0.4, -0.2) is 38.5 Å². The molecule has 0 fully saturated rings. The number of benzene rings is 2. The molecule has 6 nitrogen and oxygen atoms in total. The van der Waals surface area contributed by atoms with Crippen LogP contribution < -0.4 is 10.1 Å². The van der Waals surface area contributed by atoms with E-state index in [-0.39, 0.29) is 19.1 Å². The van der Waals surface area contributed by atoms with Gasteiger partial charge in [-0.05, 0) is 35.9 Å². The molecule has 0 atom stereocenters. The Labute approximate surface area is 152 Å². The SMILES string of the molecule is CN(Cc1ccc(OCC(=O)Nc2cccc(Cl)c2)cc1)S(C)(=O)=O. The van der Waals surface area contributed by atoms with Crippen LogP contribution in [0, 0.1) is 0 Å². The van der Waals surface area contributed by atoms with Crippen molar-refractivity contribution in [1.29, 1.82) is 0 Å². The molecule has 2 aromatic carbocycles. The van der Waals surface area contributed by atoms with Crippen molar-refractivity contribution in [2.75, 3.05) is 25.2 Å². The fraction of sp³-hybridized carbons (Fsp3) is 0.235. The molecule has 0 radical (unpaired) electrons. The highest BCUT2D eigenvalue weighted by molar-refractivity contribution is 7.88. The van der Waals surface area contributed by atoms with Crippen LogP contribution >= 0.6 is 11.6 Å². The Kier molecular flexibility index (Phi) is 6.41. The third-order valence-electron chi connectivity index (χ3n) is 3.37. The minimum atomic E-state index is -3.23. The van der Waals surface area contributed by atoms with Gasteiger partial charge in [-0.1, -0.05) is 29.8 Å². The van der Waals surface area contributed by atoms with Gasteiger partial charge in [0.1, 0.15) is 5.75 Å².